The molecule has 4 heteroatoms. The molecule has 2 amide bonds. The number of nitrogens with zero attached hydrogens (tertiary/aromatic N) is 1. The maximum atomic E-state index is 12.3. The number of hydrogen-bond donors (Lipinski definition) is 1. The predicted octanol–water partition coefficient (Wildman–Crippen LogP) is 3.47. The van der Waals surface area contributed by atoms with Crippen molar-refractivity contribution in [1.29, 1.82) is 0 Å². The second kappa shape index (κ2) is 8.83. The van der Waals surface area contributed by atoms with Crippen LogP contribution in [0.25, 0.3) is 0 Å². The Balaban J connectivity index is 1.80. The summed E-state index contributed by atoms with van der Waals surface area (Å²) in [5.74, 6) is 0.845. The summed E-state index contributed by atoms with van der Waals surface area (Å²) >= 11 is 0. The van der Waals surface area contributed by atoms with Gasteiger partial charge >= 0.3 is 6.03 Å². The Labute approximate surface area is 138 Å². The number of urea groups is 1. The second-order valence-electron chi connectivity index (χ2n) is 5.33. The third kappa shape index (κ3) is 5.33. The van der Waals surface area contributed by atoms with Gasteiger partial charge in [0.15, 0.2) is 0 Å². The van der Waals surface area contributed by atoms with Crippen LogP contribution in [0.4, 0.5) is 4.79 Å². The smallest absolute Gasteiger partial charge is 0.317 e. The molecule has 0 bridgehead atoms. The first kappa shape index (κ1) is 16.9. The SMILES string of the molecule is CCN(Cc1ccccc1)C(=O)NCCc1ccc(OC)cc1. The lowest BCUT2D eigenvalue weighted by atomic mass is 10.1. The minimum atomic E-state index is -0.0233. The van der Waals surface area contributed by atoms with Crippen LogP contribution < -0.4 is 10.1 Å². The highest BCUT2D eigenvalue weighted by Crippen LogP contribution is 2.11. The molecule has 0 unspecified atom stereocenters. The van der Waals surface area contributed by atoms with E-state index >= 15 is 0 Å². The van der Waals surface area contributed by atoms with Gasteiger partial charge in [-0.05, 0) is 36.6 Å². The van der Waals surface area contributed by atoms with Gasteiger partial charge < -0.3 is 15.0 Å². The molecule has 0 aliphatic heterocycles. The summed E-state index contributed by atoms with van der Waals surface area (Å²) in [5.41, 5.74) is 2.32. The van der Waals surface area contributed by atoms with E-state index in [1.54, 1.807) is 7.11 Å². The third-order valence-corrected chi connectivity index (χ3v) is 3.73. The molecule has 0 spiro atoms. The van der Waals surface area contributed by atoms with Crippen LogP contribution in [0.2, 0.25) is 0 Å². The van der Waals surface area contributed by atoms with Crippen molar-refractivity contribution in [3.05, 3.63) is 65.7 Å². The van der Waals surface area contributed by atoms with Crippen LogP contribution in [0, 0.1) is 0 Å². The van der Waals surface area contributed by atoms with E-state index in [1.807, 2.05) is 66.4 Å². The van der Waals surface area contributed by atoms with Crippen LogP contribution in [0.1, 0.15) is 18.1 Å². The summed E-state index contributed by atoms with van der Waals surface area (Å²) in [5, 5.41) is 2.99. The van der Waals surface area contributed by atoms with Gasteiger partial charge in [-0.25, -0.2) is 4.79 Å². The quantitative estimate of drug-likeness (QED) is 0.850. The van der Waals surface area contributed by atoms with Gasteiger partial charge in [-0.2, -0.15) is 0 Å². The molecule has 1 N–H and O–H groups in total. The Hall–Kier alpha value is -2.49. The summed E-state index contributed by atoms with van der Waals surface area (Å²) in [6, 6.07) is 17.9. The molecule has 0 aliphatic rings. The number of amides is 2. The summed E-state index contributed by atoms with van der Waals surface area (Å²) in [7, 11) is 1.65. The summed E-state index contributed by atoms with van der Waals surface area (Å²) in [4.78, 5) is 14.1. The summed E-state index contributed by atoms with van der Waals surface area (Å²) in [6.07, 6.45) is 0.804. The van der Waals surface area contributed by atoms with Crippen LogP contribution in [0.3, 0.4) is 0 Å². The Morgan fingerprint density at radius 2 is 1.74 bits per heavy atom. The lowest BCUT2D eigenvalue weighted by Crippen LogP contribution is -2.40. The highest BCUT2D eigenvalue weighted by molar-refractivity contribution is 5.74. The monoisotopic (exact) mass is 312 g/mol. The fourth-order valence-corrected chi connectivity index (χ4v) is 2.35. The highest BCUT2D eigenvalue weighted by Gasteiger charge is 2.11. The predicted molar refractivity (Wildman–Crippen MR) is 92.6 cm³/mol. The lowest BCUT2D eigenvalue weighted by molar-refractivity contribution is 0.198. The Morgan fingerprint density at radius 3 is 2.35 bits per heavy atom. The number of hydrogen-bond acceptors (Lipinski definition) is 2. The normalized spacial score (nSPS) is 10.2. The van der Waals surface area contributed by atoms with E-state index in [9.17, 15) is 4.79 Å². The van der Waals surface area contributed by atoms with E-state index in [-0.39, 0.29) is 6.03 Å². The summed E-state index contributed by atoms with van der Waals surface area (Å²) in [6.45, 7) is 3.93. The minimum absolute atomic E-state index is 0.0233. The zero-order valence-corrected chi connectivity index (χ0v) is 13.8. The molecule has 4 nitrogen and oxygen atoms in total. The number of rotatable bonds is 7. The standard InChI is InChI=1S/C19H24N2O2/c1-3-21(15-17-7-5-4-6-8-17)19(22)20-14-13-16-9-11-18(23-2)12-10-16/h4-12H,3,13-15H2,1-2H3,(H,20,22). The van der Waals surface area contributed by atoms with Gasteiger partial charge in [0.1, 0.15) is 5.75 Å². The number of carbonyl (C=O) groups excluding carboxylic acids is 1. The maximum absolute atomic E-state index is 12.3. The van der Waals surface area contributed by atoms with Gasteiger partial charge in [0.25, 0.3) is 0 Å². The Morgan fingerprint density at radius 1 is 1.04 bits per heavy atom. The van der Waals surface area contributed by atoms with Crippen LogP contribution in [0.5, 0.6) is 5.75 Å². The number of methoxy groups -OCH3 is 1. The molecular formula is C19H24N2O2. The zero-order valence-electron chi connectivity index (χ0n) is 13.8. The van der Waals surface area contributed by atoms with E-state index in [1.165, 1.54) is 5.56 Å². The van der Waals surface area contributed by atoms with Gasteiger partial charge in [0, 0.05) is 19.6 Å². The zero-order chi connectivity index (χ0) is 16.5. The minimum Gasteiger partial charge on any atom is -0.497 e. The van der Waals surface area contributed by atoms with Crippen molar-refractivity contribution in [2.45, 2.75) is 19.9 Å². The van der Waals surface area contributed by atoms with Crippen molar-refractivity contribution in [2.24, 2.45) is 0 Å². The summed E-state index contributed by atoms with van der Waals surface area (Å²) < 4.78 is 5.14. The fraction of sp³-hybridized carbons (Fsp3) is 0.316. The van der Waals surface area contributed by atoms with Crippen LogP contribution in [-0.4, -0.2) is 31.1 Å². The first-order valence-electron chi connectivity index (χ1n) is 7.92. The van der Waals surface area contributed by atoms with Crippen molar-refractivity contribution in [2.75, 3.05) is 20.2 Å². The van der Waals surface area contributed by atoms with Crippen molar-refractivity contribution >= 4 is 6.03 Å². The fourth-order valence-electron chi connectivity index (χ4n) is 2.35. The van der Waals surface area contributed by atoms with Crippen molar-refractivity contribution in [3.63, 3.8) is 0 Å². The number of nitrogens with one attached hydrogen (secondary N) is 1. The van der Waals surface area contributed by atoms with E-state index < -0.39 is 0 Å². The molecule has 2 aromatic carbocycles. The van der Waals surface area contributed by atoms with Gasteiger partial charge in [-0.3, -0.25) is 0 Å². The molecule has 0 saturated heterocycles. The van der Waals surface area contributed by atoms with Gasteiger partial charge in [0.05, 0.1) is 7.11 Å². The van der Waals surface area contributed by atoms with Gasteiger partial charge in [-0.1, -0.05) is 42.5 Å². The van der Waals surface area contributed by atoms with Gasteiger partial charge in [-0.15, -0.1) is 0 Å². The molecule has 0 heterocycles. The number of benzene rings is 2. The van der Waals surface area contributed by atoms with Crippen molar-refractivity contribution < 1.29 is 9.53 Å². The lowest BCUT2D eigenvalue weighted by Gasteiger charge is -2.21. The van der Waals surface area contributed by atoms with Crippen molar-refractivity contribution in [1.82, 2.24) is 10.2 Å². The molecule has 122 valence electrons. The average molecular weight is 312 g/mol. The van der Waals surface area contributed by atoms with E-state index in [0.717, 1.165) is 17.7 Å². The molecule has 0 saturated carbocycles. The molecule has 0 radical (unpaired) electrons. The largest absolute Gasteiger partial charge is 0.497 e. The van der Waals surface area contributed by atoms with E-state index in [4.69, 9.17) is 4.74 Å². The van der Waals surface area contributed by atoms with E-state index in [2.05, 4.69) is 5.32 Å². The molecule has 2 rings (SSSR count). The first-order valence-corrected chi connectivity index (χ1v) is 7.92. The molecule has 0 aromatic heterocycles. The topological polar surface area (TPSA) is 41.6 Å². The Kier molecular flexibility index (Phi) is 6.48. The second-order valence-corrected chi connectivity index (χ2v) is 5.33. The molecular weight excluding hydrogens is 288 g/mol. The highest BCUT2D eigenvalue weighted by atomic mass is 16.5. The molecule has 0 aliphatic carbocycles. The molecule has 2 aromatic rings. The number of carbonyl (C=O) groups is 1. The van der Waals surface area contributed by atoms with Crippen LogP contribution in [0.15, 0.2) is 54.6 Å². The molecule has 23 heavy (non-hydrogen) atoms. The average Bonchev–Trinajstić information content (AvgIpc) is 2.61. The van der Waals surface area contributed by atoms with Crippen molar-refractivity contribution in [3.8, 4) is 5.75 Å². The van der Waals surface area contributed by atoms with Crippen LogP contribution in [-0.2, 0) is 13.0 Å². The Bertz CT molecular complexity index is 597. The van der Waals surface area contributed by atoms with Gasteiger partial charge in [0.2, 0.25) is 0 Å². The first-order chi connectivity index (χ1) is 11.2. The van der Waals surface area contributed by atoms with Crippen LogP contribution >= 0.6 is 0 Å². The molecule has 0 atom stereocenters. The third-order valence-electron chi connectivity index (χ3n) is 3.73. The molecule has 0 fully saturated rings. The number of ether oxygens (including phenoxy) is 1. The maximum Gasteiger partial charge on any atom is 0.317 e. The van der Waals surface area contributed by atoms with E-state index in [0.29, 0.717) is 19.6 Å².